The van der Waals surface area contributed by atoms with E-state index in [9.17, 15) is 14.7 Å². The summed E-state index contributed by atoms with van der Waals surface area (Å²) >= 11 is 0. The molecule has 0 fully saturated rings. The summed E-state index contributed by atoms with van der Waals surface area (Å²) in [5.41, 5.74) is 4.31. The van der Waals surface area contributed by atoms with Crippen LogP contribution in [0.2, 0.25) is 0 Å². The Labute approximate surface area is 181 Å². The van der Waals surface area contributed by atoms with Crippen LogP contribution in [0, 0.1) is 0 Å². The molecule has 4 rings (SSSR count). The van der Waals surface area contributed by atoms with E-state index >= 15 is 0 Å². The lowest BCUT2D eigenvalue weighted by molar-refractivity contribution is 0.0998. The van der Waals surface area contributed by atoms with Crippen LogP contribution in [0.5, 0.6) is 5.75 Å². The Kier molecular flexibility index (Phi) is 5.56. The molecule has 0 spiro atoms. The molecule has 3 N–H and O–H groups in total. The zero-order valence-electron chi connectivity index (χ0n) is 18.4. The van der Waals surface area contributed by atoms with Gasteiger partial charge in [-0.15, -0.1) is 0 Å². The van der Waals surface area contributed by atoms with E-state index in [2.05, 4.69) is 14.9 Å². The monoisotopic (exact) mass is 420 g/mol. The smallest absolute Gasteiger partial charge is 0.203 e. The molecule has 0 amide bonds. The summed E-state index contributed by atoms with van der Waals surface area (Å²) in [6, 6.07) is 3.31. The number of rotatable bonds is 7. The molecule has 7 heteroatoms. The lowest BCUT2D eigenvalue weighted by Crippen LogP contribution is -2.19. The van der Waals surface area contributed by atoms with Crippen molar-refractivity contribution in [1.29, 1.82) is 0 Å². The van der Waals surface area contributed by atoms with Crippen molar-refractivity contribution in [2.24, 2.45) is 0 Å². The Hall–Kier alpha value is -3.16. The highest BCUT2D eigenvalue weighted by Crippen LogP contribution is 2.37. The Balaban J connectivity index is 1.77. The predicted molar refractivity (Wildman–Crippen MR) is 122 cm³/mol. The summed E-state index contributed by atoms with van der Waals surface area (Å²) < 4.78 is 0. The van der Waals surface area contributed by atoms with E-state index in [1.807, 2.05) is 39.3 Å². The number of fused-ring (bicyclic) bond motifs is 2. The molecule has 7 nitrogen and oxygen atoms in total. The highest BCUT2D eigenvalue weighted by molar-refractivity contribution is 6.40. The van der Waals surface area contributed by atoms with Crippen LogP contribution in [0.4, 0.5) is 0 Å². The standard InChI is InChI=1S/C24H28N4O3/c1-27(2)9-7-14-12-25-22-16(5-6-18(29)20(14)22)17-11-19(30)23-21(24(17)31)15(13-26-23)8-10-28(3)4/h5-6,11-13,25-26,29H,7-10H2,1-4H3. The number of Topliss-reactive ketones (excluding diaryl/α,β-unsaturated/α-hetero) is 1. The first kappa shape index (κ1) is 21.1. The number of H-pyrrole nitrogens is 2. The average molecular weight is 421 g/mol. The summed E-state index contributed by atoms with van der Waals surface area (Å²) in [6.07, 6.45) is 6.47. The van der Waals surface area contributed by atoms with E-state index in [1.54, 1.807) is 18.3 Å². The molecule has 1 aliphatic rings. The Bertz CT molecular complexity index is 1200. The maximum absolute atomic E-state index is 13.5. The molecule has 0 radical (unpaired) electrons. The van der Waals surface area contributed by atoms with Crippen LogP contribution >= 0.6 is 0 Å². The van der Waals surface area contributed by atoms with Gasteiger partial charge in [0.1, 0.15) is 5.75 Å². The van der Waals surface area contributed by atoms with Crippen LogP contribution in [-0.2, 0) is 12.8 Å². The van der Waals surface area contributed by atoms with Gasteiger partial charge in [0, 0.05) is 42.0 Å². The van der Waals surface area contributed by atoms with E-state index in [0.717, 1.165) is 30.6 Å². The Morgan fingerprint density at radius 1 is 0.903 bits per heavy atom. The number of allylic oxidation sites excluding steroid dienone is 2. The van der Waals surface area contributed by atoms with Crippen LogP contribution in [0.15, 0.2) is 30.6 Å². The van der Waals surface area contributed by atoms with Gasteiger partial charge in [0.15, 0.2) is 5.78 Å². The van der Waals surface area contributed by atoms with E-state index in [-0.39, 0.29) is 17.3 Å². The second-order valence-corrected chi connectivity index (χ2v) is 8.62. The number of carbonyl (C=O) groups is 2. The number of ketones is 2. The van der Waals surface area contributed by atoms with E-state index in [1.165, 1.54) is 6.08 Å². The summed E-state index contributed by atoms with van der Waals surface area (Å²) in [5.74, 6) is -0.208. The molecule has 0 bridgehead atoms. The first-order valence-electron chi connectivity index (χ1n) is 10.4. The van der Waals surface area contributed by atoms with E-state index in [0.29, 0.717) is 39.7 Å². The van der Waals surface area contributed by atoms with Gasteiger partial charge in [-0.05, 0) is 70.4 Å². The van der Waals surface area contributed by atoms with Crippen LogP contribution in [-0.4, -0.2) is 77.7 Å². The van der Waals surface area contributed by atoms with Gasteiger partial charge in [-0.1, -0.05) is 0 Å². The Morgan fingerprint density at radius 3 is 2.23 bits per heavy atom. The number of aromatic amines is 2. The minimum Gasteiger partial charge on any atom is -0.507 e. The number of likely N-dealkylation sites (N-methyl/N-ethyl adjacent to an activating group) is 2. The molecule has 0 saturated heterocycles. The number of hydrogen-bond donors (Lipinski definition) is 3. The first-order valence-corrected chi connectivity index (χ1v) is 10.4. The highest BCUT2D eigenvalue weighted by Gasteiger charge is 2.31. The molecule has 1 aromatic carbocycles. The zero-order valence-corrected chi connectivity index (χ0v) is 18.4. The Morgan fingerprint density at radius 2 is 1.55 bits per heavy atom. The van der Waals surface area contributed by atoms with Crippen LogP contribution in [0.3, 0.4) is 0 Å². The van der Waals surface area contributed by atoms with Gasteiger partial charge >= 0.3 is 0 Å². The van der Waals surface area contributed by atoms with Crippen LogP contribution in [0.1, 0.15) is 37.5 Å². The minimum absolute atomic E-state index is 0.165. The molecule has 31 heavy (non-hydrogen) atoms. The fourth-order valence-electron chi connectivity index (χ4n) is 4.13. The number of benzene rings is 1. The fourth-order valence-corrected chi connectivity index (χ4v) is 4.13. The second-order valence-electron chi connectivity index (χ2n) is 8.62. The largest absolute Gasteiger partial charge is 0.507 e. The zero-order chi connectivity index (χ0) is 22.3. The van der Waals surface area contributed by atoms with Crippen LogP contribution in [0.25, 0.3) is 16.5 Å². The number of phenols is 1. The van der Waals surface area contributed by atoms with Gasteiger partial charge in [0.05, 0.1) is 16.8 Å². The lowest BCUT2D eigenvalue weighted by Gasteiger charge is -2.16. The van der Waals surface area contributed by atoms with Crippen LogP contribution < -0.4 is 0 Å². The molecule has 2 aromatic heterocycles. The number of nitrogens with one attached hydrogen (secondary N) is 2. The van der Waals surface area contributed by atoms with Gasteiger partial charge in [0.25, 0.3) is 0 Å². The van der Waals surface area contributed by atoms with Crippen molar-refractivity contribution in [2.45, 2.75) is 12.8 Å². The van der Waals surface area contributed by atoms with Crippen molar-refractivity contribution < 1.29 is 14.7 Å². The number of aromatic hydroxyl groups is 1. The molecule has 0 unspecified atom stereocenters. The quantitative estimate of drug-likeness (QED) is 0.547. The molecular weight excluding hydrogens is 392 g/mol. The van der Waals surface area contributed by atoms with Crippen molar-refractivity contribution in [3.63, 3.8) is 0 Å². The normalized spacial score (nSPS) is 14.1. The summed E-state index contributed by atoms with van der Waals surface area (Å²) in [5, 5.41) is 11.2. The van der Waals surface area contributed by atoms with Gasteiger partial charge in [-0.2, -0.15) is 0 Å². The second kappa shape index (κ2) is 8.17. The third-order valence-corrected chi connectivity index (χ3v) is 5.80. The number of carbonyl (C=O) groups excluding carboxylic acids is 2. The third-order valence-electron chi connectivity index (χ3n) is 5.80. The molecule has 3 aromatic rings. The molecular formula is C24H28N4O3. The molecule has 1 aliphatic carbocycles. The lowest BCUT2D eigenvalue weighted by atomic mass is 9.86. The molecule has 2 heterocycles. The first-order chi connectivity index (χ1) is 14.8. The van der Waals surface area contributed by atoms with E-state index in [4.69, 9.17) is 0 Å². The van der Waals surface area contributed by atoms with Gasteiger partial charge in [0.2, 0.25) is 5.78 Å². The summed E-state index contributed by atoms with van der Waals surface area (Å²) in [4.78, 5) is 36.7. The van der Waals surface area contributed by atoms with Crippen molar-refractivity contribution in [3.05, 3.63) is 58.6 Å². The van der Waals surface area contributed by atoms with Gasteiger partial charge in [-0.25, -0.2) is 0 Å². The maximum atomic E-state index is 13.5. The maximum Gasteiger partial charge on any atom is 0.203 e. The van der Waals surface area contributed by atoms with Gasteiger partial charge in [-0.3, -0.25) is 9.59 Å². The minimum atomic E-state index is -0.207. The van der Waals surface area contributed by atoms with Crippen molar-refractivity contribution in [1.82, 2.24) is 19.8 Å². The molecule has 0 atom stereocenters. The average Bonchev–Trinajstić information content (AvgIpc) is 3.33. The molecule has 0 aliphatic heterocycles. The van der Waals surface area contributed by atoms with Crippen molar-refractivity contribution in [2.75, 3.05) is 41.3 Å². The third kappa shape index (κ3) is 3.82. The summed E-state index contributed by atoms with van der Waals surface area (Å²) in [6.45, 7) is 1.61. The predicted octanol–water partition coefficient (Wildman–Crippen LogP) is 2.87. The number of nitrogens with zero attached hydrogens (tertiary/aromatic N) is 2. The summed E-state index contributed by atoms with van der Waals surface area (Å²) in [7, 11) is 7.95. The molecule has 162 valence electrons. The number of phenolic OH excluding ortho intramolecular Hbond substituents is 1. The SMILES string of the molecule is CN(C)CCc1c[nH]c2c1C(=O)C(c1ccc(O)c3c(CCN(C)C)c[nH]c13)=CC2=O. The fraction of sp³-hybridized carbons (Fsp3) is 0.333. The molecule has 0 saturated carbocycles. The number of hydrogen-bond acceptors (Lipinski definition) is 5. The van der Waals surface area contributed by atoms with Crippen molar-refractivity contribution in [3.8, 4) is 5.75 Å². The van der Waals surface area contributed by atoms with E-state index < -0.39 is 0 Å². The highest BCUT2D eigenvalue weighted by atomic mass is 16.3. The van der Waals surface area contributed by atoms with Gasteiger partial charge < -0.3 is 24.9 Å². The number of aromatic nitrogens is 2. The topological polar surface area (TPSA) is 92.4 Å². The van der Waals surface area contributed by atoms with Crippen molar-refractivity contribution >= 4 is 28.0 Å².